The van der Waals surface area contributed by atoms with E-state index in [1.54, 1.807) is 50.2 Å². The predicted octanol–water partition coefficient (Wildman–Crippen LogP) is 2.87. The zero-order chi connectivity index (χ0) is 26.7. The molecule has 37 heavy (non-hydrogen) atoms. The average molecular weight is 532 g/mol. The van der Waals surface area contributed by atoms with Gasteiger partial charge in [0, 0.05) is 32.4 Å². The standard InChI is InChI=1S/C25H30FN5O5S/c1-16-11-19(35-4)12-17(2)25(16)37(33,34)15-22-28-23(36-29-22)13-24(32)30(3)18-6-9-31(10-7-18)21-5-8-27-14-20(21)26/h5,8,11-12,14,18H,6-7,9-10,13,15H2,1-4H3. The summed E-state index contributed by atoms with van der Waals surface area (Å²) in [4.78, 5) is 24.6. The van der Waals surface area contributed by atoms with Crippen LogP contribution in [0, 0.1) is 19.7 Å². The zero-order valence-corrected chi connectivity index (χ0v) is 22.1. The number of likely N-dealkylation sites (N-methyl/N-ethyl adjacent to an activating group) is 1. The van der Waals surface area contributed by atoms with Crippen molar-refractivity contribution in [1.82, 2.24) is 20.0 Å². The molecule has 0 unspecified atom stereocenters. The Balaban J connectivity index is 1.36. The molecule has 1 amide bonds. The number of rotatable bonds is 8. The summed E-state index contributed by atoms with van der Waals surface area (Å²) in [6.45, 7) is 4.62. The molecule has 1 aliphatic heterocycles. The fourth-order valence-corrected chi connectivity index (χ4v) is 6.46. The number of methoxy groups -OCH3 is 1. The smallest absolute Gasteiger partial charge is 0.236 e. The van der Waals surface area contributed by atoms with Crippen molar-refractivity contribution in [2.24, 2.45) is 0 Å². The highest BCUT2D eigenvalue weighted by atomic mass is 32.2. The molecule has 1 saturated heterocycles. The molecule has 2 aromatic heterocycles. The summed E-state index contributed by atoms with van der Waals surface area (Å²) >= 11 is 0. The minimum absolute atomic E-state index is 0.00671. The van der Waals surface area contributed by atoms with Gasteiger partial charge in [-0.2, -0.15) is 4.98 Å². The second-order valence-corrected chi connectivity index (χ2v) is 11.1. The molecule has 3 aromatic rings. The van der Waals surface area contributed by atoms with Gasteiger partial charge in [-0.25, -0.2) is 12.8 Å². The first-order valence-electron chi connectivity index (χ1n) is 11.9. The lowest BCUT2D eigenvalue weighted by molar-refractivity contribution is -0.132. The molecule has 0 spiro atoms. The quantitative estimate of drug-likeness (QED) is 0.432. The molecule has 10 nitrogen and oxygen atoms in total. The Morgan fingerprint density at radius 2 is 1.92 bits per heavy atom. The molecule has 3 heterocycles. The minimum atomic E-state index is -3.75. The van der Waals surface area contributed by atoms with Crippen LogP contribution in [0.3, 0.4) is 0 Å². The first kappa shape index (κ1) is 26.5. The number of aromatic nitrogens is 3. The highest BCUT2D eigenvalue weighted by Crippen LogP contribution is 2.28. The minimum Gasteiger partial charge on any atom is -0.497 e. The SMILES string of the molecule is COc1cc(C)c(S(=O)(=O)Cc2noc(CC(=O)N(C)C3CCN(c4ccncc4F)CC3)n2)c(C)c1. The van der Waals surface area contributed by atoms with Crippen molar-refractivity contribution in [2.45, 2.75) is 49.8 Å². The molecule has 1 fully saturated rings. The number of ether oxygens (including phenoxy) is 1. The molecular formula is C25H30FN5O5S. The molecule has 0 atom stereocenters. The monoisotopic (exact) mass is 531 g/mol. The molecule has 0 bridgehead atoms. The van der Waals surface area contributed by atoms with Crippen molar-refractivity contribution >= 4 is 21.4 Å². The van der Waals surface area contributed by atoms with Crippen molar-refractivity contribution in [3.63, 3.8) is 0 Å². The molecule has 4 rings (SSSR count). The number of anilines is 1. The number of carbonyl (C=O) groups is 1. The maximum atomic E-state index is 14.0. The number of nitrogens with zero attached hydrogens (tertiary/aromatic N) is 5. The number of hydrogen-bond donors (Lipinski definition) is 0. The third-order valence-electron chi connectivity index (χ3n) is 6.61. The second kappa shape index (κ2) is 10.8. The summed E-state index contributed by atoms with van der Waals surface area (Å²) in [5, 5.41) is 3.79. The third kappa shape index (κ3) is 5.90. The van der Waals surface area contributed by atoms with E-state index in [0.717, 1.165) is 0 Å². The topological polar surface area (TPSA) is 119 Å². The van der Waals surface area contributed by atoms with Gasteiger partial charge < -0.3 is 19.1 Å². The van der Waals surface area contributed by atoms with Gasteiger partial charge in [-0.3, -0.25) is 9.78 Å². The Hall–Kier alpha value is -3.54. The molecule has 0 aliphatic carbocycles. The first-order valence-corrected chi connectivity index (χ1v) is 13.5. The number of hydrogen-bond acceptors (Lipinski definition) is 9. The van der Waals surface area contributed by atoms with E-state index in [0.29, 0.717) is 48.5 Å². The maximum Gasteiger partial charge on any atom is 0.236 e. The highest BCUT2D eigenvalue weighted by molar-refractivity contribution is 7.90. The number of piperidine rings is 1. The Labute approximate surface area is 215 Å². The van der Waals surface area contributed by atoms with E-state index in [9.17, 15) is 17.6 Å². The van der Waals surface area contributed by atoms with Gasteiger partial charge in [-0.15, -0.1) is 0 Å². The van der Waals surface area contributed by atoms with Crippen molar-refractivity contribution in [3.05, 3.63) is 59.3 Å². The number of pyridine rings is 1. The molecular weight excluding hydrogens is 501 g/mol. The molecule has 1 aromatic carbocycles. The van der Waals surface area contributed by atoms with Gasteiger partial charge in [0.05, 0.1) is 23.9 Å². The maximum absolute atomic E-state index is 14.0. The van der Waals surface area contributed by atoms with Crippen LogP contribution < -0.4 is 9.64 Å². The summed E-state index contributed by atoms with van der Waals surface area (Å²) < 4.78 is 50.6. The molecule has 12 heteroatoms. The number of amides is 1. The molecule has 198 valence electrons. The fraction of sp³-hybridized carbons (Fsp3) is 0.440. The van der Waals surface area contributed by atoms with Crippen LogP contribution >= 0.6 is 0 Å². The number of benzene rings is 1. The summed E-state index contributed by atoms with van der Waals surface area (Å²) in [6.07, 6.45) is 3.97. The van der Waals surface area contributed by atoms with Crippen LogP contribution in [0.2, 0.25) is 0 Å². The van der Waals surface area contributed by atoms with E-state index >= 15 is 0 Å². The van der Waals surface area contributed by atoms with E-state index in [2.05, 4.69) is 15.1 Å². The van der Waals surface area contributed by atoms with Crippen LogP contribution in [0.25, 0.3) is 0 Å². The Morgan fingerprint density at radius 3 is 2.54 bits per heavy atom. The van der Waals surface area contributed by atoms with Crippen molar-refractivity contribution in [2.75, 3.05) is 32.1 Å². The summed E-state index contributed by atoms with van der Waals surface area (Å²) in [6, 6.07) is 4.95. The van der Waals surface area contributed by atoms with E-state index in [1.165, 1.54) is 13.3 Å². The first-order chi connectivity index (χ1) is 17.6. The number of halogens is 1. The van der Waals surface area contributed by atoms with Gasteiger partial charge in [-0.05, 0) is 56.0 Å². The molecule has 0 N–H and O–H groups in total. The average Bonchev–Trinajstić information content (AvgIpc) is 3.29. The van der Waals surface area contributed by atoms with Crippen LogP contribution in [-0.2, 0) is 26.8 Å². The third-order valence-corrected chi connectivity index (χ3v) is 8.51. The highest BCUT2D eigenvalue weighted by Gasteiger charge is 2.28. The fourth-order valence-electron chi connectivity index (χ4n) is 4.76. The lowest BCUT2D eigenvalue weighted by Gasteiger charge is -2.37. The van der Waals surface area contributed by atoms with Crippen molar-refractivity contribution < 1.29 is 26.9 Å². The number of sulfone groups is 1. The van der Waals surface area contributed by atoms with Crippen LogP contribution in [-0.4, -0.2) is 67.6 Å². The van der Waals surface area contributed by atoms with Crippen LogP contribution in [0.4, 0.5) is 10.1 Å². The van der Waals surface area contributed by atoms with Gasteiger partial charge >= 0.3 is 0 Å². The van der Waals surface area contributed by atoms with E-state index in [1.807, 2.05) is 4.90 Å². The summed E-state index contributed by atoms with van der Waals surface area (Å²) in [5.74, 6) is -0.397. The molecule has 1 aliphatic rings. The van der Waals surface area contributed by atoms with Gasteiger partial charge in [0.2, 0.25) is 11.8 Å². The Morgan fingerprint density at radius 1 is 1.24 bits per heavy atom. The Kier molecular flexibility index (Phi) is 7.76. The van der Waals surface area contributed by atoms with Gasteiger partial charge in [-0.1, -0.05) is 5.16 Å². The van der Waals surface area contributed by atoms with Crippen molar-refractivity contribution in [1.29, 1.82) is 0 Å². The lowest BCUT2D eigenvalue weighted by Crippen LogP contribution is -2.46. The Bertz CT molecular complexity index is 1360. The van der Waals surface area contributed by atoms with Crippen molar-refractivity contribution in [3.8, 4) is 5.75 Å². The van der Waals surface area contributed by atoms with E-state index in [4.69, 9.17) is 9.26 Å². The van der Waals surface area contributed by atoms with Crippen LogP contribution in [0.15, 0.2) is 40.0 Å². The van der Waals surface area contributed by atoms with Gasteiger partial charge in [0.15, 0.2) is 21.5 Å². The van der Waals surface area contributed by atoms with Gasteiger partial charge in [0.25, 0.3) is 0 Å². The second-order valence-electron chi connectivity index (χ2n) is 9.18. The predicted molar refractivity (Wildman–Crippen MR) is 134 cm³/mol. The zero-order valence-electron chi connectivity index (χ0n) is 21.3. The van der Waals surface area contributed by atoms with E-state index < -0.39 is 15.6 Å². The largest absolute Gasteiger partial charge is 0.497 e. The van der Waals surface area contributed by atoms with Crippen LogP contribution in [0.5, 0.6) is 5.75 Å². The summed E-state index contributed by atoms with van der Waals surface area (Å²) in [7, 11) is -0.513. The van der Waals surface area contributed by atoms with Crippen LogP contribution in [0.1, 0.15) is 35.7 Å². The molecule has 0 saturated carbocycles. The normalized spacial score (nSPS) is 14.6. The lowest BCUT2D eigenvalue weighted by atomic mass is 10.0. The number of carbonyl (C=O) groups excluding carboxylic acids is 1. The number of aryl methyl sites for hydroxylation is 2. The summed E-state index contributed by atoms with van der Waals surface area (Å²) in [5.41, 5.74) is 1.64. The molecule has 0 radical (unpaired) electrons. The van der Waals surface area contributed by atoms with Gasteiger partial charge in [0.1, 0.15) is 17.9 Å². The van der Waals surface area contributed by atoms with E-state index in [-0.39, 0.29) is 40.8 Å².